The minimum absolute atomic E-state index is 0.0367. The van der Waals surface area contributed by atoms with E-state index >= 15 is 0 Å². The number of amides is 3. The summed E-state index contributed by atoms with van der Waals surface area (Å²) < 4.78 is 55.1. The van der Waals surface area contributed by atoms with Crippen LogP contribution in [0.3, 0.4) is 0 Å². The summed E-state index contributed by atoms with van der Waals surface area (Å²) in [4.78, 5) is 39.3. The van der Waals surface area contributed by atoms with Crippen LogP contribution in [0.1, 0.15) is 22.8 Å². The minimum atomic E-state index is -1.74. The highest BCUT2D eigenvalue weighted by Gasteiger charge is 2.24. The lowest BCUT2D eigenvalue weighted by Crippen LogP contribution is -2.30. The standard InChI is InChI=1S/C31H21Cl2F4N3O3S/c1-16(29(41)40-28-26(36)23(34)15-24(35)27(28)37)44-19-10-5-9-18(13-19)38-31(43)25(14-20-21(32)11-6-12-22(20)33)39-30(42)17-7-3-2-4-8-17/h2-16H,1H3,(H,38,43)(H,39,42)(H,40,41)/b25-14+. The summed E-state index contributed by atoms with van der Waals surface area (Å²) in [6.07, 6.45) is 1.33. The Balaban J connectivity index is 1.53. The highest BCUT2D eigenvalue weighted by molar-refractivity contribution is 8.00. The highest BCUT2D eigenvalue weighted by Crippen LogP contribution is 2.30. The summed E-state index contributed by atoms with van der Waals surface area (Å²) in [5, 5.41) is 6.61. The molecule has 0 bridgehead atoms. The van der Waals surface area contributed by atoms with Gasteiger partial charge in [-0.15, -0.1) is 11.8 Å². The van der Waals surface area contributed by atoms with Gasteiger partial charge in [0.2, 0.25) is 5.91 Å². The molecule has 0 spiro atoms. The molecule has 0 saturated heterocycles. The molecule has 4 aromatic rings. The number of halogens is 6. The van der Waals surface area contributed by atoms with Gasteiger partial charge in [-0.25, -0.2) is 17.6 Å². The van der Waals surface area contributed by atoms with Gasteiger partial charge in [-0.3, -0.25) is 14.4 Å². The Hall–Kier alpha value is -4.32. The molecule has 3 N–H and O–H groups in total. The predicted molar refractivity (Wildman–Crippen MR) is 164 cm³/mol. The van der Waals surface area contributed by atoms with Crippen LogP contribution < -0.4 is 16.0 Å². The minimum Gasteiger partial charge on any atom is -0.321 e. The molecule has 4 rings (SSSR count). The lowest BCUT2D eigenvalue weighted by molar-refractivity contribution is -0.115. The topological polar surface area (TPSA) is 87.3 Å². The van der Waals surface area contributed by atoms with E-state index in [4.69, 9.17) is 23.2 Å². The molecule has 1 atom stereocenters. The van der Waals surface area contributed by atoms with Crippen molar-refractivity contribution in [3.05, 3.63) is 129 Å². The fourth-order valence-corrected chi connectivity index (χ4v) is 5.18. The molecule has 0 radical (unpaired) electrons. The van der Waals surface area contributed by atoms with E-state index in [0.717, 1.165) is 11.8 Å². The molecule has 226 valence electrons. The maximum Gasteiger partial charge on any atom is 0.272 e. The fraction of sp³-hybridized carbons (Fsp3) is 0.0645. The molecule has 0 saturated carbocycles. The van der Waals surface area contributed by atoms with Crippen molar-refractivity contribution < 1.29 is 31.9 Å². The first-order valence-electron chi connectivity index (χ1n) is 12.7. The molecule has 6 nitrogen and oxygen atoms in total. The van der Waals surface area contributed by atoms with Gasteiger partial charge >= 0.3 is 0 Å². The zero-order valence-electron chi connectivity index (χ0n) is 22.6. The van der Waals surface area contributed by atoms with Crippen LogP contribution in [0.5, 0.6) is 0 Å². The van der Waals surface area contributed by atoms with Gasteiger partial charge in [0.05, 0.1) is 5.25 Å². The largest absolute Gasteiger partial charge is 0.321 e. The molecule has 0 aliphatic rings. The predicted octanol–water partition coefficient (Wildman–Crippen LogP) is 8.08. The molecular weight excluding hydrogens is 641 g/mol. The Labute approximate surface area is 263 Å². The summed E-state index contributed by atoms with van der Waals surface area (Å²) in [6.45, 7) is 1.41. The second-order valence-corrected chi connectivity index (χ2v) is 11.3. The number of rotatable bonds is 9. The first kappa shape index (κ1) is 32.6. The van der Waals surface area contributed by atoms with Crippen molar-refractivity contribution in [2.45, 2.75) is 17.1 Å². The molecule has 13 heteroatoms. The van der Waals surface area contributed by atoms with E-state index in [0.29, 0.717) is 16.0 Å². The van der Waals surface area contributed by atoms with Gasteiger partial charge in [-0.2, -0.15) is 0 Å². The number of hydrogen-bond acceptors (Lipinski definition) is 4. The van der Waals surface area contributed by atoms with Crippen molar-refractivity contribution in [3.63, 3.8) is 0 Å². The number of carbonyl (C=O) groups is 3. The Morgan fingerprint density at radius 1 is 0.795 bits per heavy atom. The third-order valence-electron chi connectivity index (χ3n) is 5.95. The molecular formula is C31H21Cl2F4N3O3S. The van der Waals surface area contributed by atoms with Crippen molar-refractivity contribution in [1.82, 2.24) is 5.32 Å². The van der Waals surface area contributed by atoms with Crippen molar-refractivity contribution in [2.75, 3.05) is 10.6 Å². The monoisotopic (exact) mass is 661 g/mol. The Morgan fingerprint density at radius 2 is 1.41 bits per heavy atom. The van der Waals surface area contributed by atoms with E-state index in [1.165, 1.54) is 19.1 Å². The third kappa shape index (κ3) is 7.98. The van der Waals surface area contributed by atoms with Crippen molar-refractivity contribution in [2.24, 2.45) is 0 Å². The van der Waals surface area contributed by atoms with Crippen LogP contribution in [0, 0.1) is 23.3 Å². The van der Waals surface area contributed by atoms with E-state index in [1.54, 1.807) is 66.7 Å². The summed E-state index contributed by atoms with van der Waals surface area (Å²) in [5.74, 6) is -9.01. The molecule has 0 fully saturated rings. The summed E-state index contributed by atoms with van der Waals surface area (Å²) in [6, 6.07) is 19.2. The van der Waals surface area contributed by atoms with E-state index < -0.39 is 51.9 Å². The van der Waals surface area contributed by atoms with Crippen molar-refractivity contribution in [1.29, 1.82) is 0 Å². The molecule has 3 amide bonds. The summed E-state index contributed by atoms with van der Waals surface area (Å²) >= 11 is 13.5. The molecule has 0 aliphatic heterocycles. The Kier molecular flexibility index (Phi) is 10.7. The molecule has 0 heterocycles. The quantitative estimate of drug-likeness (QED) is 0.0733. The second kappa shape index (κ2) is 14.4. The number of anilines is 2. The number of carbonyl (C=O) groups excluding carboxylic acids is 3. The van der Waals surface area contributed by atoms with Gasteiger partial charge in [0.25, 0.3) is 11.8 Å². The molecule has 0 aliphatic carbocycles. The number of benzene rings is 4. The maximum atomic E-state index is 14.0. The maximum absolute atomic E-state index is 14.0. The van der Waals surface area contributed by atoms with Crippen LogP contribution in [0.25, 0.3) is 6.08 Å². The van der Waals surface area contributed by atoms with Gasteiger partial charge in [-0.05, 0) is 55.5 Å². The van der Waals surface area contributed by atoms with Crippen LogP contribution in [-0.2, 0) is 9.59 Å². The molecule has 4 aromatic carbocycles. The number of thioether (sulfide) groups is 1. The van der Waals surface area contributed by atoms with Gasteiger partial charge in [0.1, 0.15) is 11.4 Å². The van der Waals surface area contributed by atoms with Crippen LogP contribution in [0.15, 0.2) is 89.5 Å². The average molecular weight is 662 g/mol. The average Bonchev–Trinajstić information content (AvgIpc) is 3.00. The van der Waals surface area contributed by atoms with E-state index in [2.05, 4.69) is 10.6 Å². The van der Waals surface area contributed by atoms with E-state index in [9.17, 15) is 31.9 Å². The van der Waals surface area contributed by atoms with E-state index in [1.807, 2.05) is 5.32 Å². The smallest absolute Gasteiger partial charge is 0.272 e. The third-order valence-corrected chi connectivity index (χ3v) is 7.70. The molecule has 44 heavy (non-hydrogen) atoms. The first-order chi connectivity index (χ1) is 20.9. The lowest BCUT2D eigenvalue weighted by Gasteiger charge is -2.15. The van der Waals surface area contributed by atoms with Gasteiger partial charge in [-0.1, -0.05) is 53.5 Å². The lowest BCUT2D eigenvalue weighted by atomic mass is 10.1. The normalized spacial score (nSPS) is 11.9. The zero-order chi connectivity index (χ0) is 32.0. The van der Waals surface area contributed by atoms with Crippen LogP contribution in [-0.4, -0.2) is 23.0 Å². The summed E-state index contributed by atoms with van der Waals surface area (Å²) in [7, 11) is 0. The molecule has 0 aromatic heterocycles. The Bertz CT molecular complexity index is 1730. The van der Waals surface area contributed by atoms with Gasteiger partial charge in [0, 0.05) is 37.8 Å². The van der Waals surface area contributed by atoms with Crippen LogP contribution in [0.2, 0.25) is 10.0 Å². The number of nitrogens with one attached hydrogen (secondary N) is 3. The van der Waals surface area contributed by atoms with E-state index in [-0.39, 0.29) is 27.5 Å². The van der Waals surface area contributed by atoms with Crippen molar-refractivity contribution >= 4 is 70.1 Å². The SMILES string of the molecule is CC(Sc1cccc(NC(=O)/C(=C\c2c(Cl)cccc2Cl)NC(=O)c2ccccc2)c1)C(=O)Nc1c(F)c(F)cc(F)c1F. The number of hydrogen-bond donors (Lipinski definition) is 3. The highest BCUT2D eigenvalue weighted by atomic mass is 35.5. The first-order valence-corrected chi connectivity index (χ1v) is 14.3. The summed E-state index contributed by atoms with van der Waals surface area (Å²) in [5.41, 5.74) is -0.558. The fourth-order valence-electron chi connectivity index (χ4n) is 3.75. The molecule has 1 unspecified atom stereocenters. The van der Waals surface area contributed by atoms with Gasteiger partial charge in [0.15, 0.2) is 23.3 Å². The van der Waals surface area contributed by atoms with Crippen LogP contribution >= 0.6 is 35.0 Å². The Morgan fingerprint density at radius 3 is 2.05 bits per heavy atom. The zero-order valence-corrected chi connectivity index (χ0v) is 24.9. The van der Waals surface area contributed by atoms with Crippen molar-refractivity contribution in [3.8, 4) is 0 Å². The van der Waals surface area contributed by atoms with Gasteiger partial charge < -0.3 is 16.0 Å². The second-order valence-electron chi connectivity index (χ2n) is 9.09. The van der Waals surface area contributed by atoms with Crippen LogP contribution in [0.4, 0.5) is 28.9 Å².